The molecule has 0 spiro atoms. The molecule has 1 saturated heterocycles. The Morgan fingerprint density at radius 1 is 1.55 bits per heavy atom. The van der Waals surface area contributed by atoms with E-state index in [-0.39, 0.29) is 11.6 Å². The summed E-state index contributed by atoms with van der Waals surface area (Å²) in [5.41, 5.74) is 0. The number of halogens is 2. The molecule has 3 nitrogen and oxygen atoms in total. The van der Waals surface area contributed by atoms with Gasteiger partial charge in [-0.05, 0) is 37.4 Å². The van der Waals surface area contributed by atoms with Crippen molar-refractivity contribution < 1.29 is 14.2 Å². The fourth-order valence-corrected chi connectivity index (χ4v) is 2.68. The third kappa shape index (κ3) is 4.62. The molecule has 1 aromatic carbocycles. The summed E-state index contributed by atoms with van der Waals surface area (Å²) in [5, 5.41) is 10.1. The van der Waals surface area contributed by atoms with Crippen LogP contribution >= 0.6 is 11.6 Å². The van der Waals surface area contributed by atoms with E-state index in [9.17, 15) is 9.50 Å². The van der Waals surface area contributed by atoms with Gasteiger partial charge in [-0.25, -0.2) is 4.39 Å². The molecule has 1 aliphatic rings. The molecular formula is C15H21ClFNO2. The van der Waals surface area contributed by atoms with Crippen molar-refractivity contribution in [2.75, 3.05) is 26.2 Å². The second kappa shape index (κ2) is 7.25. The predicted octanol–water partition coefficient (Wildman–Crippen LogP) is 2.95. The first-order valence-corrected chi connectivity index (χ1v) is 7.40. The fourth-order valence-electron chi connectivity index (χ4n) is 2.56. The summed E-state index contributed by atoms with van der Waals surface area (Å²) in [6.45, 7) is 5.03. The Hall–Kier alpha value is -0.840. The van der Waals surface area contributed by atoms with E-state index in [1.165, 1.54) is 25.0 Å². The maximum atomic E-state index is 13.2. The number of benzene rings is 1. The van der Waals surface area contributed by atoms with Crippen LogP contribution in [0.3, 0.4) is 0 Å². The lowest BCUT2D eigenvalue weighted by molar-refractivity contribution is 0.0536. The largest absolute Gasteiger partial charge is 0.491 e. The quantitative estimate of drug-likeness (QED) is 0.907. The lowest BCUT2D eigenvalue weighted by Crippen LogP contribution is -2.41. The van der Waals surface area contributed by atoms with Gasteiger partial charge >= 0.3 is 0 Å². The van der Waals surface area contributed by atoms with Crippen LogP contribution < -0.4 is 4.74 Å². The van der Waals surface area contributed by atoms with Crippen molar-refractivity contribution in [3.8, 4) is 5.75 Å². The van der Waals surface area contributed by atoms with E-state index < -0.39 is 11.9 Å². The molecule has 1 fully saturated rings. The van der Waals surface area contributed by atoms with Crippen LogP contribution in [0.2, 0.25) is 5.02 Å². The molecule has 0 saturated carbocycles. The van der Waals surface area contributed by atoms with E-state index in [4.69, 9.17) is 16.3 Å². The molecule has 0 aliphatic carbocycles. The summed E-state index contributed by atoms with van der Waals surface area (Å²) in [5.74, 6) is 0.559. The molecule has 5 heteroatoms. The number of ether oxygens (including phenoxy) is 1. The van der Waals surface area contributed by atoms with Crippen LogP contribution in [0, 0.1) is 11.7 Å². The standard InChI is InChI=1S/C15H21ClFNO2/c1-11-3-2-6-18(8-11)9-12(19)10-20-13-4-5-14(16)15(17)7-13/h4-5,7,11-12,19H,2-3,6,8-10H2,1H3/t11-,12?/m0/s1. The SMILES string of the molecule is C[C@H]1CCCN(CC(O)COc2ccc(Cl)c(F)c2)C1. The number of piperidine rings is 1. The molecule has 0 aromatic heterocycles. The molecule has 1 N–H and O–H groups in total. The molecule has 2 atom stereocenters. The highest BCUT2D eigenvalue weighted by molar-refractivity contribution is 6.30. The number of hydrogen-bond acceptors (Lipinski definition) is 3. The zero-order valence-electron chi connectivity index (χ0n) is 11.7. The molecule has 20 heavy (non-hydrogen) atoms. The lowest BCUT2D eigenvalue weighted by atomic mass is 10.0. The average molecular weight is 302 g/mol. The summed E-state index contributed by atoms with van der Waals surface area (Å²) in [4.78, 5) is 2.25. The Morgan fingerprint density at radius 2 is 2.35 bits per heavy atom. The van der Waals surface area contributed by atoms with Crippen LogP contribution in [0.5, 0.6) is 5.75 Å². The minimum atomic E-state index is -0.570. The Kier molecular flexibility index (Phi) is 5.64. The lowest BCUT2D eigenvalue weighted by Gasteiger charge is -2.32. The third-order valence-electron chi connectivity index (χ3n) is 3.54. The summed E-state index contributed by atoms with van der Waals surface area (Å²) in [6.07, 6.45) is 1.86. The van der Waals surface area contributed by atoms with Gasteiger partial charge in [-0.2, -0.15) is 0 Å². The zero-order valence-corrected chi connectivity index (χ0v) is 12.4. The van der Waals surface area contributed by atoms with Crippen LogP contribution in [-0.4, -0.2) is 42.4 Å². The van der Waals surface area contributed by atoms with E-state index in [1.54, 1.807) is 6.07 Å². The van der Waals surface area contributed by atoms with Gasteiger partial charge in [0, 0.05) is 19.2 Å². The molecule has 1 unspecified atom stereocenters. The minimum Gasteiger partial charge on any atom is -0.491 e. The first kappa shape index (κ1) is 15.5. The summed E-state index contributed by atoms with van der Waals surface area (Å²) in [6, 6.07) is 4.28. The number of aliphatic hydroxyl groups is 1. The molecule has 1 heterocycles. The van der Waals surface area contributed by atoms with Gasteiger partial charge in [-0.15, -0.1) is 0 Å². The van der Waals surface area contributed by atoms with E-state index >= 15 is 0 Å². The Balaban J connectivity index is 1.76. The maximum Gasteiger partial charge on any atom is 0.145 e. The molecule has 112 valence electrons. The van der Waals surface area contributed by atoms with Crippen molar-refractivity contribution >= 4 is 11.6 Å². The zero-order chi connectivity index (χ0) is 14.5. The topological polar surface area (TPSA) is 32.7 Å². The predicted molar refractivity (Wildman–Crippen MR) is 77.7 cm³/mol. The molecular weight excluding hydrogens is 281 g/mol. The normalized spacial score (nSPS) is 21.7. The number of nitrogens with zero attached hydrogens (tertiary/aromatic N) is 1. The van der Waals surface area contributed by atoms with E-state index in [0.29, 0.717) is 18.2 Å². The second-order valence-electron chi connectivity index (χ2n) is 5.55. The van der Waals surface area contributed by atoms with Gasteiger partial charge in [0.05, 0.1) is 5.02 Å². The summed E-state index contributed by atoms with van der Waals surface area (Å²) < 4.78 is 18.6. The van der Waals surface area contributed by atoms with Crippen molar-refractivity contribution in [3.63, 3.8) is 0 Å². The van der Waals surface area contributed by atoms with Gasteiger partial charge in [-0.3, -0.25) is 0 Å². The van der Waals surface area contributed by atoms with Crippen LogP contribution in [-0.2, 0) is 0 Å². The molecule has 0 amide bonds. The first-order chi connectivity index (χ1) is 9.54. The van der Waals surface area contributed by atoms with Crippen LogP contribution in [0.1, 0.15) is 19.8 Å². The molecule has 0 radical (unpaired) electrons. The molecule has 1 aliphatic heterocycles. The van der Waals surface area contributed by atoms with Gasteiger partial charge in [0.25, 0.3) is 0 Å². The Bertz CT molecular complexity index is 444. The summed E-state index contributed by atoms with van der Waals surface area (Å²) >= 11 is 5.60. The Labute approximate surface area is 124 Å². The monoisotopic (exact) mass is 301 g/mol. The van der Waals surface area contributed by atoms with E-state index in [2.05, 4.69) is 11.8 Å². The van der Waals surface area contributed by atoms with Gasteiger partial charge in [0.2, 0.25) is 0 Å². The number of β-amino-alcohol motifs (C(OH)–C–C–N with tert-alkyl or cyclic N) is 1. The molecule has 0 bridgehead atoms. The highest BCUT2D eigenvalue weighted by Crippen LogP contribution is 2.20. The van der Waals surface area contributed by atoms with E-state index in [1.807, 2.05) is 0 Å². The third-order valence-corrected chi connectivity index (χ3v) is 3.85. The molecule has 2 rings (SSSR count). The molecule has 1 aromatic rings. The highest BCUT2D eigenvalue weighted by atomic mass is 35.5. The number of aliphatic hydroxyl groups excluding tert-OH is 1. The van der Waals surface area contributed by atoms with Crippen molar-refractivity contribution in [3.05, 3.63) is 29.0 Å². The second-order valence-corrected chi connectivity index (χ2v) is 5.95. The van der Waals surface area contributed by atoms with Gasteiger partial charge in [-0.1, -0.05) is 18.5 Å². The van der Waals surface area contributed by atoms with Gasteiger partial charge < -0.3 is 14.7 Å². The van der Waals surface area contributed by atoms with E-state index in [0.717, 1.165) is 13.1 Å². The highest BCUT2D eigenvalue weighted by Gasteiger charge is 2.19. The van der Waals surface area contributed by atoms with Crippen molar-refractivity contribution in [2.45, 2.75) is 25.9 Å². The number of likely N-dealkylation sites (tertiary alicyclic amines) is 1. The van der Waals surface area contributed by atoms with Crippen molar-refractivity contribution in [1.29, 1.82) is 0 Å². The van der Waals surface area contributed by atoms with Gasteiger partial charge in [0.15, 0.2) is 0 Å². The maximum absolute atomic E-state index is 13.2. The smallest absolute Gasteiger partial charge is 0.145 e. The van der Waals surface area contributed by atoms with Crippen LogP contribution in [0.25, 0.3) is 0 Å². The first-order valence-electron chi connectivity index (χ1n) is 7.03. The minimum absolute atomic E-state index is 0.0696. The average Bonchev–Trinajstić information content (AvgIpc) is 2.40. The van der Waals surface area contributed by atoms with Crippen molar-refractivity contribution in [2.24, 2.45) is 5.92 Å². The van der Waals surface area contributed by atoms with Crippen LogP contribution in [0.4, 0.5) is 4.39 Å². The van der Waals surface area contributed by atoms with Gasteiger partial charge in [0.1, 0.15) is 24.3 Å². The number of rotatable bonds is 5. The number of hydrogen-bond donors (Lipinski definition) is 1. The summed E-state index contributed by atoms with van der Waals surface area (Å²) in [7, 11) is 0. The Morgan fingerprint density at radius 3 is 3.05 bits per heavy atom. The fraction of sp³-hybridized carbons (Fsp3) is 0.600. The van der Waals surface area contributed by atoms with Crippen molar-refractivity contribution in [1.82, 2.24) is 4.90 Å². The van der Waals surface area contributed by atoms with Crippen LogP contribution in [0.15, 0.2) is 18.2 Å².